The molecule has 0 spiro atoms. The van der Waals surface area contributed by atoms with Crippen LogP contribution in [0.25, 0.3) is 0 Å². The second-order valence-electron chi connectivity index (χ2n) is 6.14. The molecule has 0 aromatic heterocycles. The van der Waals surface area contributed by atoms with Crippen LogP contribution in [-0.4, -0.2) is 57.4 Å². The maximum absolute atomic E-state index is 13.8. The molecule has 1 aromatic carbocycles. The van der Waals surface area contributed by atoms with E-state index in [1.807, 2.05) is 13.8 Å². The predicted octanol–water partition coefficient (Wildman–Crippen LogP) is -0.370. The first-order valence-corrected chi connectivity index (χ1v) is 9.66. The highest BCUT2D eigenvalue weighted by Crippen LogP contribution is 2.18. The molecular formula is C16H25FN3O3S+. The number of carbonyl (C=O) groups excluding carboxylic acids is 1. The van der Waals surface area contributed by atoms with E-state index < -0.39 is 15.8 Å². The van der Waals surface area contributed by atoms with E-state index in [9.17, 15) is 17.6 Å². The minimum Gasteiger partial charge on any atom is -0.349 e. The first kappa shape index (κ1) is 18.8. The van der Waals surface area contributed by atoms with E-state index in [1.54, 1.807) is 0 Å². The Morgan fingerprint density at radius 1 is 1.33 bits per heavy atom. The van der Waals surface area contributed by atoms with Gasteiger partial charge in [-0.25, -0.2) is 12.8 Å². The number of sulfonamides is 1. The molecule has 1 aliphatic heterocycles. The largest absolute Gasteiger partial charge is 0.349 e. The molecule has 1 amide bonds. The summed E-state index contributed by atoms with van der Waals surface area (Å²) in [6.07, 6.45) is 0.871. The van der Waals surface area contributed by atoms with Crippen LogP contribution in [0.3, 0.4) is 0 Å². The van der Waals surface area contributed by atoms with Crippen LogP contribution in [0.1, 0.15) is 20.3 Å². The van der Waals surface area contributed by atoms with Crippen LogP contribution in [0.5, 0.6) is 0 Å². The Hall–Kier alpha value is -1.51. The summed E-state index contributed by atoms with van der Waals surface area (Å²) in [6.45, 7) is 5.91. The second-order valence-corrected chi connectivity index (χ2v) is 8.04. The van der Waals surface area contributed by atoms with E-state index in [0.717, 1.165) is 17.4 Å². The molecule has 1 fully saturated rings. The summed E-state index contributed by atoms with van der Waals surface area (Å²) >= 11 is 0. The Labute approximate surface area is 142 Å². The summed E-state index contributed by atoms with van der Waals surface area (Å²) in [5.74, 6) is -0.759. The van der Waals surface area contributed by atoms with E-state index >= 15 is 0 Å². The van der Waals surface area contributed by atoms with Crippen molar-refractivity contribution in [2.45, 2.75) is 31.2 Å². The molecule has 2 N–H and O–H groups in total. The van der Waals surface area contributed by atoms with Crippen LogP contribution >= 0.6 is 0 Å². The minimum absolute atomic E-state index is 0.0234. The third kappa shape index (κ3) is 4.52. The summed E-state index contributed by atoms with van der Waals surface area (Å²) < 4.78 is 40.1. The maximum Gasteiger partial charge on any atom is 0.275 e. The fourth-order valence-electron chi connectivity index (χ4n) is 2.67. The average Bonchev–Trinajstić information content (AvgIpc) is 2.55. The highest BCUT2D eigenvalue weighted by molar-refractivity contribution is 7.89. The number of rotatable bonds is 6. The lowest BCUT2D eigenvalue weighted by atomic mass is 10.2. The number of carbonyl (C=O) groups is 1. The van der Waals surface area contributed by atoms with Crippen molar-refractivity contribution in [1.29, 1.82) is 0 Å². The van der Waals surface area contributed by atoms with Crippen LogP contribution in [0.2, 0.25) is 0 Å². The van der Waals surface area contributed by atoms with Gasteiger partial charge < -0.3 is 10.2 Å². The second kappa shape index (κ2) is 8.04. The highest BCUT2D eigenvalue weighted by atomic mass is 32.2. The van der Waals surface area contributed by atoms with E-state index in [1.165, 1.54) is 22.5 Å². The number of amides is 1. The zero-order valence-electron chi connectivity index (χ0n) is 14.1. The number of nitrogens with one attached hydrogen (secondary N) is 2. The third-order valence-corrected chi connectivity index (χ3v) is 6.25. The lowest BCUT2D eigenvalue weighted by Crippen LogP contribution is -3.15. The molecule has 1 atom stereocenters. The number of benzene rings is 1. The standard InChI is InChI=1S/C16H24FN3O3S/c1-3-13(2)18-16(21)12-19-8-10-20(11-9-19)24(22,23)15-7-5-4-6-14(15)17/h4-7,13H,3,8-12H2,1-2H3,(H,18,21)/p+1/t13-/m0/s1. The lowest BCUT2D eigenvalue weighted by molar-refractivity contribution is -0.895. The number of nitrogens with zero attached hydrogens (tertiary/aromatic N) is 1. The molecule has 1 heterocycles. The number of hydrogen-bond acceptors (Lipinski definition) is 3. The topological polar surface area (TPSA) is 70.9 Å². The van der Waals surface area contributed by atoms with Crippen molar-refractivity contribution in [3.05, 3.63) is 30.1 Å². The van der Waals surface area contributed by atoms with E-state index in [0.29, 0.717) is 19.6 Å². The molecule has 0 saturated carbocycles. The number of quaternary nitrogens is 1. The Morgan fingerprint density at radius 3 is 2.54 bits per heavy atom. The van der Waals surface area contributed by atoms with Crippen molar-refractivity contribution in [2.24, 2.45) is 0 Å². The quantitative estimate of drug-likeness (QED) is 0.729. The molecule has 1 aromatic rings. The summed E-state index contributed by atoms with van der Waals surface area (Å²) in [6, 6.07) is 5.54. The Morgan fingerprint density at radius 2 is 1.96 bits per heavy atom. The van der Waals surface area contributed by atoms with Gasteiger partial charge in [0, 0.05) is 6.04 Å². The molecule has 6 nitrogen and oxygen atoms in total. The predicted molar refractivity (Wildman–Crippen MR) is 88.6 cm³/mol. The van der Waals surface area contributed by atoms with Gasteiger partial charge in [0.15, 0.2) is 6.54 Å². The molecule has 134 valence electrons. The molecule has 0 unspecified atom stereocenters. The highest BCUT2D eigenvalue weighted by Gasteiger charge is 2.32. The van der Waals surface area contributed by atoms with Gasteiger partial charge in [0.05, 0.1) is 26.2 Å². The molecule has 1 saturated heterocycles. The van der Waals surface area contributed by atoms with Crippen molar-refractivity contribution in [2.75, 3.05) is 32.7 Å². The molecule has 0 radical (unpaired) electrons. The van der Waals surface area contributed by atoms with Gasteiger partial charge in [-0.3, -0.25) is 4.79 Å². The molecule has 1 aliphatic rings. The maximum atomic E-state index is 13.8. The summed E-state index contributed by atoms with van der Waals surface area (Å²) in [7, 11) is -3.82. The first-order valence-electron chi connectivity index (χ1n) is 8.22. The summed E-state index contributed by atoms with van der Waals surface area (Å²) in [5, 5.41) is 2.91. The van der Waals surface area contributed by atoms with Crippen LogP contribution < -0.4 is 10.2 Å². The summed E-state index contributed by atoms with van der Waals surface area (Å²) in [4.78, 5) is 12.7. The molecule has 8 heteroatoms. The minimum atomic E-state index is -3.82. The number of piperazine rings is 1. The van der Waals surface area contributed by atoms with Crippen molar-refractivity contribution in [3.8, 4) is 0 Å². The van der Waals surface area contributed by atoms with Gasteiger partial charge in [-0.15, -0.1) is 0 Å². The number of hydrogen-bond donors (Lipinski definition) is 2. The van der Waals surface area contributed by atoms with Crippen LogP contribution in [0.4, 0.5) is 4.39 Å². The van der Waals surface area contributed by atoms with E-state index in [-0.39, 0.29) is 29.9 Å². The van der Waals surface area contributed by atoms with Gasteiger partial charge in [0.2, 0.25) is 10.0 Å². The van der Waals surface area contributed by atoms with Gasteiger partial charge in [-0.2, -0.15) is 4.31 Å². The first-order chi connectivity index (χ1) is 11.3. The monoisotopic (exact) mass is 358 g/mol. The van der Waals surface area contributed by atoms with Gasteiger partial charge in [-0.05, 0) is 25.5 Å². The van der Waals surface area contributed by atoms with Crippen molar-refractivity contribution < 1.29 is 22.5 Å². The molecule has 0 aliphatic carbocycles. The van der Waals surface area contributed by atoms with Crippen LogP contribution in [-0.2, 0) is 14.8 Å². The molecule has 24 heavy (non-hydrogen) atoms. The van der Waals surface area contributed by atoms with E-state index in [2.05, 4.69) is 5.32 Å². The fourth-order valence-corrected chi connectivity index (χ4v) is 4.17. The zero-order chi connectivity index (χ0) is 17.7. The summed E-state index contributed by atoms with van der Waals surface area (Å²) in [5.41, 5.74) is 0. The molecule has 0 bridgehead atoms. The van der Waals surface area contributed by atoms with Crippen LogP contribution in [0, 0.1) is 5.82 Å². The third-order valence-electron chi connectivity index (χ3n) is 4.31. The molecular weight excluding hydrogens is 333 g/mol. The molecule has 2 rings (SSSR count). The Kier molecular flexibility index (Phi) is 6.31. The Bertz CT molecular complexity index is 673. The average molecular weight is 358 g/mol. The smallest absolute Gasteiger partial charge is 0.275 e. The van der Waals surface area contributed by atoms with Gasteiger partial charge in [0.25, 0.3) is 5.91 Å². The number of halogens is 1. The SMILES string of the molecule is CC[C@H](C)NC(=O)C[NH+]1CCN(S(=O)(=O)c2ccccc2F)CC1. The van der Waals surface area contributed by atoms with Gasteiger partial charge >= 0.3 is 0 Å². The van der Waals surface area contributed by atoms with Crippen molar-refractivity contribution in [3.63, 3.8) is 0 Å². The zero-order valence-corrected chi connectivity index (χ0v) is 14.9. The fraction of sp³-hybridized carbons (Fsp3) is 0.562. The van der Waals surface area contributed by atoms with Crippen molar-refractivity contribution >= 4 is 15.9 Å². The van der Waals surface area contributed by atoms with E-state index in [4.69, 9.17) is 0 Å². The van der Waals surface area contributed by atoms with Crippen LogP contribution in [0.15, 0.2) is 29.2 Å². The lowest BCUT2D eigenvalue weighted by Gasteiger charge is -2.31. The van der Waals surface area contributed by atoms with Gasteiger partial charge in [0.1, 0.15) is 10.7 Å². The Balaban J connectivity index is 1.93. The van der Waals surface area contributed by atoms with Gasteiger partial charge in [-0.1, -0.05) is 19.1 Å². The van der Waals surface area contributed by atoms with Crippen molar-refractivity contribution in [1.82, 2.24) is 9.62 Å². The normalized spacial score (nSPS) is 18.3.